The van der Waals surface area contributed by atoms with E-state index in [1.54, 1.807) is 12.1 Å². The van der Waals surface area contributed by atoms with Gasteiger partial charge in [0.2, 0.25) is 5.13 Å². The number of rotatable bonds is 3. The molecular formula is C9H6N4O2S2. The molecule has 1 aromatic heterocycles. The highest BCUT2D eigenvalue weighted by Crippen LogP contribution is 2.16. The van der Waals surface area contributed by atoms with E-state index in [-0.39, 0.29) is 5.69 Å². The standard InChI is InChI=1S/C9H6N4O2S2/c14-13(15)7-3-1-2-6(4-7)5-10-8-11-12-9(16)17-8/h1-5H,(H,12,16)/b10-5+. The van der Waals surface area contributed by atoms with Crippen molar-refractivity contribution in [3.63, 3.8) is 0 Å². The third-order valence-corrected chi connectivity index (χ3v) is 2.83. The third-order valence-electron chi connectivity index (χ3n) is 1.83. The maximum Gasteiger partial charge on any atom is 0.270 e. The molecule has 0 amide bonds. The average Bonchev–Trinajstić information content (AvgIpc) is 2.73. The van der Waals surface area contributed by atoms with Gasteiger partial charge in [-0.15, -0.1) is 5.10 Å². The predicted molar refractivity (Wildman–Crippen MR) is 67.6 cm³/mol. The van der Waals surface area contributed by atoms with Crippen LogP contribution in [0.2, 0.25) is 0 Å². The van der Waals surface area contributed by atoms with Crippen molar-refractivity contribution >= 4 is 40.6 Å². The van der Waals surface area contributed by atoms with Gasteiger partial charge < -0.3 is 0 Å². The summed E-state index contributed by atoms with van der Waals surface area (Å²) in [5.74, 6) is 0. The van der Waals surface area contributed by atoms with Gasteiger partial charge in [-0.25, -0.2) is 4.99 Å². The summed E-state index contributed by atoms with van der Waals surface area (Å²) in [6.07, 6.45) is 1.51. The molecule has 8 heteroatoms. The van der Waals surface area contributed by atoms with Crippen LogP contribution in [0.15, 0.2) is 29.3 Å². The smallest absolute Gasteiger partial charge is 0.258 e. The van der Waals surface area contributed by atoms with Gasteiger partial charge in [0.05, 0.1) is 4.92 Å². The van der Waals surface area contributed by atoms with Crippen molar-refractivity contribution in [2.75, 3.05) is 0 Å². The number of nitrogens with zero attached hydrogens (tertiary/aromatic N) is 3. The van der Waals surface area contributed by atoms with Crippen LogP contribution in [0.25, 0.3) is 0 Å². The van der Waals surface area contributed by atoms with Gasteiger partial charge in [0.1, 0.15) is 0 Å². The lowest BCUT2D eigenvalue weighted by molar-refractivity contribution is -0.384. The molecule has 0 radical (unpaired) electrons. The van der Waals surface area contributed by atoms with E-state index < -0.39 is 4.92 Å². The molecule has 86 valence electrons. The van der Waals surface area contributed by atoms with Crippen LogP contribution >= 0.6 is 23.6 Å². The van der Waals surface area contributed by atoms with Crippen LogP contribution in [0.1, 0.15) is 5.56 Å². The van der Waals surface area contributed by atoms with Gasteiger partial charge in [-0.1, -0.05) is 23.5 Å². The summed E-state index contributed by atoms with van der Waals surface area (Å²) in [5.41, 5.74) is 0.670. The molecule has 0 bridgehead atoms. The molecule has 17 heavy (non-hydrogen) atoms. The fourth-order valence-corrected chi connectivity index (χ4v) is 1.85. The van der Waals surface area contributed by atoms with Crippen molar-refractivity contribution in [1.82, 2.24) is 10.2 Å². The first-order chi connectivity index (χ1) is 8.15. The van der Waals surface area contributed by atoms with E-state index in [4.69, 9.17) is 12.2 Å². The van der Waals surface area contributed by atoms with E-state index in [0.29, 0.717) is 14.6 Å². The maximum atomic E-state index is 10.6. The number of aromatic amines is 1. The normalized spacial score (nSPS) is 10.8. The fourth-order valence-electron chi connectivity index (χ4n) is 1.13. The molecule has 0 aliphatic heterocycles. The zero-order valence-electron chi connectivity index (χ0n) is 8.36. The molecule has 0 spiro atoms. The second kappa shape index (κ2) is 4.93. The topological polar surface area (TPSA) is 84.2 Å². The first-order valence-electron chi connectivity index (χ1n) is 4.49. The summed E-state index contributed by atoms with van der Waals surface area (Å²) >= 11 is 6.09. The van der Waals surface area contributed by atoms with E-state index in [1.807, 2.05) is 0 Å². The molecule has 1 N–H and O–H groups in total. The van der Waals surface area contributed by atoms with Crippen LogP contribution in [0.4, 0.5) is 10.8 Å². The van der Waals surface area contributed by atoms with Gasteiger partial charge in [-0.05, 0) is 17.8 Å². The first-order valence-corrected chi connectivity index (χ1v) is 5.71. The number of nitrogens with one attached hydrogen (secondary N) is 1. The summed E-state index contributed by atoms with van der Waals surface area (Å²) in [6.45, 7) is 0. The molecule has 0 saturated carbocycles. The minimum absolute atomic E-state index is 0.0311. The van der Waals surface area contributed by atoms with Crippen molar-refractivity contribution < 1.29 is 4.92 Å². The van der Waals surface area contributed by atoms with Gasteiger partial charge in [0.15, 0.2) is 3.95 Å². The molecule has 0 fully saturated rings. The molecule has 1 aromatic carbocycles. The molecule has 6 nitrogen and oxygen atoms in total. The van der Waals surface area contributed by atoms with Crippen molar-refractivity contribution in [3.8, 4) is 0 Å². The Kier molecular flexibility index (Phi) is 3.35. The van der Waals surface area contributed by atoms with Crippen molar-refractivity contribution in [1.29, 1.82) is 0 Å². The zero-order chi connectivity index (χ0) is 12.3. The number of aromatic nitrogens is 2. The maximum absolute atomic E-state index is 10.6. The minimum atomic E-state index is -0.449. The van der Waals surface area contributed by atoms with Gasteiger partial charge in [-0.3, -0.25) is 15.2 Å². The Morgan fingerprint density at radius 2 is 2.41 bits per heavy atom. The van der Waals surface area contributed by atoms with Crippen LogP contribution in [0.5, 0.6) is 0 Å². The second-order valence-corrected chi connectivity index (χ2v) is 4.65. The number of H-pyrrole nitrogens is 1. The van der Waals surface area contributed by atoms with Gasteiger partial charge >= 0.3 is 0 Å². The summed E-state index contributed by atoms with van der Waals surface area (Å²) in [7, 11) is 0. The highest BCUT2D eigenvalue weighted by molar-refractivity contribution is 7.73. The number of non-ortho nitro benzene ring substituents is 1. The van der Waals surface area contributed by atoms with Gasteiger partial charge in [-0.2, -0.15) is 0 Å². The summed E-state index contributed by atoms with van der Waals surface area (Å²) < 4.78 is 0.538. The Balaban J connectivity index is 2.24. The average molecular weight is 266 g/mol. The van der Waals surface area contributed by atoms with E-state index in [2.05, 4.69) is 15.2 Å². The van der Waals surface area contributed by atoms with Crippen molar-refractivity contribution in [2.45, 2.75) is 0 Å². The Bertz CT molecular complexity index is 632. The summed E-state index contributed by atoms with van der Waals surface area (Å²) in [5, 5.41) is 17.5. The van der Waals surface area contributed by atoms with Crippen LogP contribution in [0.3, 0.4) is 0 Å². The zero-order valence-corrected chi connectivity index (χ0v) is 9.99. The number of benzene rings is 1. The largest absolute Gasteiger partial charge is 0.270 e. The number of hydrogen-bond acceptors (Lipinski definition) is 6. The highest BCUT2D eigenvalue weighted by Gasteiger charge is 2.04. The Morgan fingerprint density at radius 3 is 3.06 bits per heavy atom. The quantitative estimate of drug-likeness (QED) is 0.400. The fraction of sp³-hybridized carbons (Fsp3) is 0. The second-order valence-electron chi connectivity index (χ2n) is 3.01. The van der Waals surface area contributed by atoms with E-state index >= 15 is 0 Å². The van der Waals surface area contributed by atoms with E-state index in [1.165, 1.54) is 29.7 Å². The molecule has 0 saturated heterocycles. The predicted octanol–water partition coefficient (Wildman–Crippen LogP) is 2.86. The lowest BCUT2D eigenvalue weighted by atomic mass is 10.2. The molecule has 2 aromatic rings. The van der Waals surface area contributed by atoms with Gasteiger partial charge in [0.25, 0.3) is 5.69 Å². The number of hydrogen-bond donors (Lipinski definition) is 1. The summed E-state index contributed by atoms with van der Waals surface area (Å²) in [4.78, 5) is 14.2. The van der Waals surface area contributed by atoms with Crippen LogP contribution in [0, 0.1) is 14.1 Å². The highest BCUT2D eigenvalue weighted by atomic mass is 32.1. The molecule has 0 aliphatic carbocycles. The van der Waals surface area contributed by atoms with Crippen LogP contribution in [-0.2, 0) is 0 Å². The van der Waals surface area contributed by atoms with E-state index in [0.717, 1.165) is 0 Å². The van der Waals surface area contributed by atoms with Crippen molar-refractivity contribution in [3.05, 3.63) is 43.9 Å². The van der Waals surface area contributed by atoms with Crippen molar-refractivity contribution in [2.24, 2.45) is 4.99 Å². The first kappa shape index (κ1) is 11.6. The molecular weight excluding hydrogens is 260 g/mol. The van der Waals surface area contributed by atoms with E-state index in [9.17, 15) is 10.1 Å². The lowest BCUT2D eigenvalue weighted by Gasteiger charge is -1.92. The molecule has 1 heterocycles. The SMILES string of the molecule is O=[N+]([O-])c1cccc(/C=N/c2n[nH]c(=S)s2)c1. The summed E-state index contributed by atoms with van der Waals surface area (Å²) in [6, 6.07) is 6.19. The lowest BCUT2D eigenvalue weighted by Crippen LogP contribution is -1.89. The van der Waals surface area contributed by atoms with Gasteiger partial charge in [0, 0.05) is 18.3 Å². The number of aliphatic imine (C=N–C) groups is 1. The molecule has 0 atom stereocenters. The van der Waals surface area contributed by atoms with Crippen LogP contribution in [-0.4, -0.2) is 21.3 Å². The monoisotopic (exact) mass is 266 g/mol. The minimum Gasteiger partial charge on any atom is -0.258 e. The molecule has 0 aliphatic rings. The molecule has 2 rings (SSSR count). The number of nitro groups is 1. The third kappa shape index (κ3) is 3.02. The number of nitro benzene ring substituents is 1. The Labute approximate surface area is 105 Å². The van der Waals surface area contributed by atoms with Crippen LogP contribution < -0.4 is 0 Å². The Hall–Kier alpha value is -1.93. The molecule has 0 unspecified atom stereocenters. The Morgan fingerprint density at radius 1 is 1.59 bits per heavy atom.